The fourth-order valence-electron chi connectivity index (χ4n) is 3.24. The Bertz CT molecular complexity index is 600. The number of piperidine rings is 1. The molecule has 1 aliphatic carbocycles. The molecule has 2 aliphatic rings. The van der Waals surface area contributed by atoms with E-state index in [-0.39, 0.29) is 29.2 Å². The molecule has 1 saturated carbocycles. The van der Waals surface area contributed by atoms with Gasteiger partial charge in [-0.15, -0.1) is 0 Å². The van der Waals surface area contributed by atoms with Crippen molar-refractivity contribution in [1.82, 2.24) is 0 Å². The van der Waals surface area contributed by atoms with Gasteiger partial charge in [0.15, 0.2) is 0 Å². The third kappa shape index (κ3) is 1.73. The number of imide groups is 1. The second-order valence-electron chi connectivity index (χ2n) is 5.47. The van der Waals surface area contributed by atoms with E-state index >= 15 is 0 Å². The van der Waals surface area contributed by atoms with Crippen molar-refractivity contribution >= 4 is 23.5 Å². The number of fused-ring (bicyclic) bond motifs is 2. The highest BCUT2D eigenvalue weighted by molar-refractivity contribution is 6.19. The van der Waals surface area contributed by atoms with Crippen LogP contribution in [0.15, 0.2) is 18.2 Å². The van der Waals surface area contributed by atoms with Crippen LogP contribution in [-0.2, 0) is 9.59 Å². The minimum atomic E-state index is -1.05. The molecule has 1 aromatic carbocycles. The molecule has 104 valence electrons. The van der Waals surface area contributed by atoms with Crippen molar-refractivity contribution in [1.29, 1.82) is 0 Å². The van der Waals surface area contributed by atoms with E-state index in [1.165, 1.54) is 11.0 Å². The number of carboxylic acids is 1. The summed E-state index contributed by atoms with van der Waals surface area (Å²) in [6, 6.07) is 4.69. The first-order chi connectivity index (χ1) is 9.50. The maximum Gasteiger partial charge on any atom is 0.336 e. The molecule has 20 heavy (non-hydrogen) atoms. The summed E-state index contributed by atoms with van der Waals surface area (Å²) in [5.41, 5.74) is 1.00. The molecule has 2 amide bonds. The molecule has 0 radical (unpaired) electrons. The zero-order valence-electron chi connectivity index (χ0n) is 11.1. The Kier molecular flexibility index (Phi) is 2.85. The van der Waals surface area contributed by atoms with Crippen LogP contribution in [0.3, 0.4) is 0 Å². The van der Waals surface area contributed by atoms with Crippen molar-refractivity contribution in [3.8, 4) is 0 Å². The van der Waals surface area contributed by atoms with E-state index in [2.05, 4.69) is 0 Å². The van der Waals surface area contributed by atoms with E-state index < -0.39 is 5.97 Å². The molecular weight excluding hydrogens is 258 g/mol. The van der Waals surface area contributed by atoms with Gasteiger partial charge >= 0.3 is 5.97 Å². The third-order valence-electron chi connectivity index (χ3n) is 4.35. The van der Waals surface area contributed by atoms with Crippen LogP contribution in [0.2, 0.25) is 0 Å². The van der Waals surface area contributed by atoms with E-state index in [1.807, 2.05) is 0 Å². The SMILES string of the molecule is Cc1c(C(=O)O)cccc1N1C(=O)C2CCC(C2)C1=O. The molecule has 1 aromatic rings. The van der Waals surface area contributed by atoms with Gasteiger partial charge in [-0.3, -0.25) is 9.59 Å². The van der Waals surface area contributed by atoms with Crippen molar-refractivity contribution in [3.05, 3.63) is 29.3 Å². The predicted molar refractivity (Wildman–Crippen MR) is 71.5 cm³/mol. The molecule has 1 aliphatic heterocycles. The Morgan fingerprint density at radius 1 is 1.20 bits per heavy atom. The van der Waals surface area contributed by atoms with Crippen molar-refractivity contribution in [3.63, 3.8) is 0 Å². The smallest absolute Gasteiger partial charge is 0.336 e. The Balaban J connectivity index is 2.09. The van der Waals surface area contributed by atoms with Crippen molar-refractivity contribution in [2.45, 2.75) is 26.2 Å². The van der Waals surface area contributed by atoms with Crippen LogP contribution in [0, 0.1) is 18.8 Å². The number of rotatable bonds is 2. The summed E-state index contributed by atoms with van der Waals surface area (Å²) in [6.45, 7) is 1.63. The summed E-state index contributed by atoms with van der Waals surface area (Å²) in [7, 11) is 0. The second-order valence-corrected chi connectivity index (χ2v) is 5.47. The highest BCUT2D eigenvalue weighted by atomic mass is 16.4. The maximum atomic E-state index is 12.4. The minimum absolute atomic E-state index is 0.0921. The van der Waals surface area contributed by atoms with Gasteiger partial charge in [-0.1, -0.05) is 6.07 Å². The standard InChI is InChI=1S/C15H15NO4/c1-8-11(15(19)20)3-2-4-12(8)16-13(17)9-5-6-10(7-9)14(16)18/h2-4,9-10H,5-7H2,1H3,(H,19,20). The number of carboxylic acid groups (broad SMARTS) is 1. The topological polar surface area (TPSA) is 74.7 Å². The fraction of sp³-hybridized carbons (Fsp3) is 0.400. The van der Waals surface area contributed by atoms with Gasteiger partial charge in [0.05, 0.1) is 11.3 Å². The van der Waals surface area contributed by atoms with Crippen LogP contribution in [0.1, 0.15) is 35.2 Å². The first kappa shape index (κ1) is 12.8. The van der Waals surface area contributed by atoms with Crippen LogP contribution in [0.4, 0.5) is 5.69 Å². The number of anilines is 1. The first-order valence-electron chi connectivity index (χ1n) is 6.71. The Labute approximate surface area is 116 Å². The molecule has 5 nitrogen and oxygen atoms in total. The van der Waals surface area contributed by atoms with Gasteiger partial charge in [0.2, 0.25) is 11.8 Å². The first-order valence-corrected chi connectivity index (χ1v) is 6.71. The number of amides is 2. The van der Waals surface area contributed by atoms with Gasteiger partial charge in [0.1, 0.15) is 0 Å². The fourth-order valence-corrected chi connectivity index (χ4v) is 3.24. The quantitative estimate of drug-likeness (QED) is 0.836. The summed E-state index contributed by atoms with van der Waals surface area (Å²) in [5.74, 6) is -1.61. The summed E-state index contributed by atoms with van der Waals surface area (Å²) < 4.78 is 0. The summed E-state index contributed by atoms with van der Waals surface area (Å²) in [4.78, 5) is 37.1. The van der Waals surface area contributed by atoms with Crippen molar-refractivity contribution < 1.29 is 19.5 Å². The van der Waals surface area contributed by atoms with Crippen LogP contribution in [0.25, 0.3) is 0 Å². The molecule has 1 N–H and O–H groups in total. The normalized spacial score (nSPS) is 25.1. The molecule has 2 unspecified atom stereocenters. The molecule has 0 aromatic heterocycles. The lowest BCUT2D eigenvalue weighted by atomic mass is 9.95. The average molecular weight is 273 g/mol. The number of hydrogen-bond donors (Lipinski definition) is 1. The van der Waals surface area contributed by atoms with E-state index in [1.54, 1.807) is 19.1 Å². The van der Waals surface area contributed by atoms with Gasteiger partial charge in [0.25, 0.3) is 0 Å². The van der Waals surface area contributed by atoms with E-state index in [4.69, 9.17) is 5.11 Å². The average Bonchev–Trinajstić information content (AvgIpc) is 2.85. The number of carbonyl (C=O) groups excluding carboxylic acids is 2. The molecule has 2 fully saturated rings. The van der Waals surface area contributed by atoms with Crippen LogP contribution in [0.5, 0.6) is 0 Å². The Morgan fingerprint density at radius 3 is 2.35 bits per heavy atom. The number of aromatic carboxylic acids is 1. The molecule has 1 saturated heterocycles. The molecule has 2 bridgehead atoms. The Morgan fingerprint density at radius 2 is 1.80 bits per heavy atom. The molecule has 0 spiro atoms. The zero-order chi connectivity index (χ0) is 14.4. The number of benzene rings is 1. The van der Waals surface area contributed by atoms with E-state index in [9.17, 15) is 14.4 Å². The molecule has 5 heteroatoms. The highest BCUT2D eigenvalue weighted by Gasteiger charge is 2.46. The molecule has 3 rings (SSSR count). The summed E-state index contributed by atoms with van der Waals surface area (Å²) in [6.07, 6.45) is 2.15. The lowest BCUT2D eigenvalue weighted by molar-refractivity contribution is -0.133. The lowest BCUT2D eigenvalue weighted by Gasteiger charge is -2.31. The largest absolute Gasteiger partial charge is 0.478 e. The zero-order valence-corrected chi connectivity index (χ0v) is 11.1. The third-order valence-corrected chi connectivity index (χ3v) is 4.35. The number of nitrogens with zero attached hydrogens (tertiary/aromatic N) is 1. The number of hydrogen-bond acceptors (Lipinski definition) is 3. The van der Waals surface area contributed by atoms with E-state index in [0.29, 0.717) is 17.7 Å². The Hall–Kier alpha value is -2.17. The van der Waals surface area contributed by atoms with Gasteiger partial charge in [-0.2, -0.15) is 0 Å². The number of carbonyl (C=O) groups is 3. The monoisotopic (exact) mass is 273 g/mol. The van der Waals surface area contributed by atoms with Crippen molar-refractivity contribution in [2.24, 2.45) is 11.8 Å². The lowest BCUT2D eigenvalue weighted by Crippen LogP contribution is -2.46. The predicted octanol–water partition coefficient (Wildman–Crippen LogP) is 1.98. The van der Waals surface area contributed by atoms with Gasteiger partial charge in [-0.25, -0.2) is 9.69 Å². The second kappa shape index (κ2) is 4.44. The van der Waals surface area contributed by atoms with Crippen LogP contribution < -0.4 is 4.90 Å². The minimum Gasteiger partial charge on any atom is -0.478 e. The molecule has 1 heterocycles. The highest BCUT2D eigenvalue weighted by Crippen LogP contribution is 2.40. The van der Waals surface area contributed by atoms with Gasteiger partial charge in [0, 0.05) is 11.8 Å². The van der Waals surface area contributed by atoms with Crippen LogP contribution in [-0.4, -0.2) is 22.9 Å². The maximum absolute atomic E-state index is 12.4. The molecule has 2 atom stereocenters. The van der Waals surface area contributed by atoms with E-state index in [0.717, 1.165) is 12.8 Å². The van der Waals surface area contributed by atoms with Gasteiger partial charge in [-0.05, 0) is 43.9 Å². The summed E-state index contributed by atoms with van der Waals surface area (Å²) in [5, 5.41) is 9.15. The summed E-state index contributed by atoms with van der Waals surface area (Å²) >= 11 is 0. The van der Waals surface area contributed by atoms with Crippen molar-refractivity contribution in [2.75, 3.05) is 4.90 Å². The molecular formula is C15H15NO4. The van der Waals surface area contributed by atoms with Gasteiger partial charge < -0.3 is 5.11 Å². The van der Waals surface area contributed by atoms with Crippen LogP contribution >= 0.6 is 0 Å².